The molecule has 122 valence electrons. The summed E-state index contributed by atoms with van der Waals surface area (Å²) in [7, 11) is 0. The van der Waals surface area contributed by atoms with Gasteiger partial charge in [0.15, 0.2) is 0 Å². The van der Waals surface area contributed by atoms with Crippen LogP contribution in [-0.4, -0.2) is 9.97 Å². The van der Waals surface area contributed by atoms with Crippen LogP contribution in [0.4, 0.5) is 17.3 Å². The summed E-state index contributed by atoms with van der Waals surface area (Å²) in [6.45, 7) is 2.32. The van der Waals surface area contributed by atoms with Gasteiger partial charge in [0.2, 0.25) is 0 Å². The Hall–Kier alpha value is -2.79. The normalized spacial score (nSPS) is 10.4. The lowest BCUT2D eigenvalue weighted by atomic mass is 10.2. The first-order chi connectivity index (χ1) is 11.6. The maximum Gasteiger partial charge on any atom is 0.138 e. The van der Waals surface area contributed by atoms with E-state index >= 15 is 0 Å². The van der Waals surface area contributed by atoms with E-state index in [2.05, 4.69) is 15.3 Å². The van der Waals surface area contributed by atoms with E-state index in [-0.39, 0.29) is 0 Å². The molecular weight excluding hydrogens is 324 g/mol. The van der Waals surface area contributed by atoms with Gasteiger partial charge < -0.3 is 15.8 Å². The van der Waals surface area contributed by atoms with E-state index in [0.717, 1.165) is 16.8 Å². The summed E-state index contributed by atoms with van der Waals surface area (Å²) in [4.78, 5) is 8.13. The maximum absolute atomic E-state index is 6.31. The fraction of sp³-hybridized carbons (Fsp3) is 0.111. The van der Waals surface area contributed by atoms with Crippen molar-refractivity contribution in [3.63, 3.8) is 0 Å². The van der Waals surface area contributed by atoms with Crippen LogP contribution in [0.2, 0.25) is 5.02 Å². The Bertz CT molecular complexity index is 840. The van der Waals surface area contributed by atoms with Crippen LogP contribution in [0.3, 0.4) is 0 Å². The summed E-state index contributed by atoms with van der Waals surface area (Å²) in [5, 5.41) is 3.71. The highest BCUT2D eigenvalue weighted by Gasteiger charge is 2.07. The summed E-state index contributed by atoms with van der Waals surface area (Å²) < 4.78 is 5.77. The zero-order chi connectivity index (χ0) is 16.9. The fourth-order valence-electron chi connectivity index (χ4n) is 2.16. The molecule has 2 aromatic carbocycles. The van der Waals surface area contributed by atoms with Crippen molar-refractivity contribution in [2.45, 2.75) is 13.5 Å². The van der Waals surface area contributed by atoms with Gasteiger partial charge in [-0.3, -0.25) is 0 Å². The molecule has 3 aromatic rings. The lowest BCUT2D eigenvalue weighted by Crippen LogP contribution is -2.02. The second-order valence-corrected chi connectivity index (χ2v) is 5.68. The highest BCUT2D eigenvalue weighted by molar-refractivity contribution is 6.32. The molecule has 0 aliphatic carbocycles. The zero-order valence-electron chi connectivity index (χ0n) is 13.2. The average Bonchev–Trinajstić information content (AvgIpc) is 2.59. The van der Waals surface area contributed by atoms with Crippen molar-refractivity contribution in [3.05, 3.63) is 71.0 Å². The smallest absolute Gasteiger partial charge is 0.138 e. The Morgan fingerprint density at radius 1 is 1.12 bits per heavy atom. The largest absolute Gasteiger partial charge is 0.487 e. The Balaban J connectivity index is 1.71. The SMILES string of the molecule is Cc1c(N)ncnc1Nc1ccc(OCc2ccccc2)c(Cl)c1. The van der Waals surface area contributed by atoms with Crippen LogP contribution in [0.1, 0.15) is 11.1 Å². The molecule has 0 saturated heterocycles. The molecule has 0 unspecified atom stereocenters. The van der Waals surface area contributed by atoms with Crippen LogP contribution in [0.25, 0.3) is 0 Å². The summed E-state index contributed by atoms with van der Waals surface area (Å²) >= 11 is 6.31. The molecule has 1 aromatic heterocycles. The summed E-state index contributed by atoms with van der Waals surface area (Å²) in [5.74, 6) is 1.72. The van der Waals surface area contributed by atoms with E-state index < -0.39 is 0 Å². The molecule has 0 amide bonds. The minimum Gasteiger partial charge on any atom is -0.487 e. The minimum absolute atomic E-state index is 0.446. The highest BCUT2D eigenvalue weighted by atomic mass is 35.5. The van der Waals surface area contributed by atoms with E-state index in [4.69, 9.17) is 22.1 Å². The average molecular weight is 341 g/mol. The van der Waals surface area contributed by atoms with Crippen molar-refractivity contribution >= 4 is 28.9 Å². The lowest BCUT2D eigenvalue weighted by molar-refractivity contribution is 0.306. The molecule has 0 aliphatic rings. The van der Waals surface area contributed by atoms with Gasteiger partial charge in [-0.15, -0.1) is 0 Å². The second kappa shape index (κ2) is 7.19. The van der Waals surface area contributed by atoms with Crippen molar-refractivity contribution < 1.29 is 4.74 Å². The molecule has 1 heterocycles. The summed E-state index contributed by atoms with van der Waals surface area (Å²) in [5.41, 5.74) is 8.46. The number of nitrogens with zero attached hydrogens (tertiary/aromatic N) is 2. The summed E-state index contributed by atoms with van der Waals surface area (Å²) in [6, 6.07) is 15.4. The molecular formula is C18H17ClN4O. The molecule has 3 rings (SSSR count). The van der Waals surface area contributed by atoms with Gasteiger partial charge in [0, 0.05) is 11.3 Å². The zero-order valence-corrected chi connectivity index (χ0v) is 13.9. The van der Waals surface area contributed by atoms with Crippen molar-refractivity contribution in [1.29, 1.82) is 0 Å². The van der Waals surface area contributed by atoms with E-state index in [1.165, 1.54) is 6.33 Å². The van der Waals surface area contributed by atoms with Crippen LogP contribution in [0, 0.1) is 6.92 Å². The molecule has 0 fully saturated rings. The fourth-order valence-corrected chi connectivity index (χ4v) is 2.39. The number of rotatable bonds is 5. The number of hydrogen-bond donors (Lipinski definition) is 2. The van der Waals surface area contributed by atoms with E-state index in [9.17, 15) is 0 Å². The van der Waals surface area contributed by atoms with Gasteiger partial charge in [-0.25, -0.2) is 9.97 Å². The second-order valence-electron chi connectivity index (χ2n) is 5.28. The molecule has 0 saturated carbocycles. The molecule has 0 spiro atoms. The van der Waals surface area contributed by atoms with Crippen molar-refractivity contribution in [2.75, 3.05) is 11.1 Å². The standard InChI is InChI=1S/C18H17ClN4O/c1-12-17(20)21-11-22-18(12)23-14-7-8-16(15(19)9-14)24-10-13-5-3-2-4-6-13/h2-9,11H,10H2,1H3,(H3,20,21,22,23). The number of anilines is 3. The number of nitrogen functional groups attached to an aromatic ring is 1. The number of aromatic nitrogens is 2. The minimum atomic E-state index is 0.446. The third kappa shape index (κ3) is 3.75. The van der Waals surface area contributed by atoms with Crippen molar-refractivity contribution in [1.82, 2.24) is 9.97 Å². The number of nitrogens with one attached hydrogen (secondary N) is 1. The van der Waals surface area contributed by atoms with Crippen molar-refractivity contribution in [3.8, 4) is 5.75 Å². The third-order valence-corrected chi connectivity index (χ3v) is 3.85. The number of ether oxygens (including phenoxy) is 1. The van der Waals surface area contributed by atoms with Gasteiger partial charge in [0.05, 0.1) is 5.02 Å². The Morgan fingerprint density at radius 2 is 1.92 bits per heavy atom. The number of benzene rings is 2. The molecule has 0 bridgehead atoms. The van der Waals surface area contributed by atoms with Crippen LogP contribution in [-0.2, 0) is 6.61 Å². The lowest BCUT2D eigenvalue weighted by Gasteiger charge is -2.12. The molecule has 5 nitrogen and oxygen atoms in total. The van der Waals surface area contributed by atoms with Gasteiger partial charge in [-0.2, -0.15) is 0 Å². The third-order valence-electron chi connectivity index (χ3n) is 3.55. The molecule has 3 N–H and O–H groups in total. The van der Waals surface area contributed by atoms with Crippen LogP contribution >= 0.6 is 11.6 Å². The van der Waals surface area contributed by atoms with Crippen LogP contribution in [0.15, 0.2) is 54.9 Å². The first-order valence-electron chi connectivity index (χ1n) is 7.44. The van der Waals surface area contributed by atoms with Crippen molar-refractivity contribution in [2.24, 2.45) is 0 Å². The quantitative estimate of drug-likeness (QED) is 0.722. The van der Waals surface area contributed by atoms with Gasteiger partial charge in [0.1, 0.15) is 30.3 Å². The molecule has 0 atom stereocenters. The van der Waals surface area contributed by atoms with Gasteiger partial charge in [-0.1, -0.05) is 41.9 Å². The predicted molar refractivity (Wildman–Crippen MR) is 96.7 cm³/mol. The van der Waals surface area contributed by atoms with Gasteiger partial charge in [0.25, 0.3) is 0 Å². The van der Waals surface area contributed by atoms with Gasteiger partial charge >= 0.3 is 0 Å². The van der Waals surface area contributed by atoms with Crippen LogP contribution < -0.4 is 15.8 Å². The molecule has 0 aliphatic heterocycles. The Morgan fingerprint density at radius 3 is 2.67 bits per heavy atom. The van der Waals surface area contributed by atoms with E-state index in [1.54, 1.807) is 6.07 Å². The van der Waals surface area contributed by atoms with Gasteiger partial charge in [-0.05, 0) is 30.7 Å². The molecule has 24 heavy (non-hydrogen) atoms. The molecule has 0 radical (unpaired) electrons. The topological polar surface area (TPSA) is 73.1 Å². The predicted octanol–water partition coefficient (Wildman–Crippen LogP) is 4.34. The first kappa shape index (κ1) is 16.1. The first-order valence-corrected chi connectivity index (χ1v) is 7.81. The Labute approximate surface area is 145 Å². The summed E-state index contributed by atoms with van der Waals surface area (Å²) in [6.07, 6.45) is 1.42. The van der Waals surface area contributed by atoms with E-state index in [1.807, 2.05) is 49.4 Å². The highest BCUT2D eigenvalue weighted by Crippen LogP contribution is 2.30. The number of halogens is 1. The number of hydrogen-bond acceptors (Lipinski definition) is 5. The van der Waals surface area contributed by atoms with Crippen LogP contribution in [0.5, 0.6) is 5.75 Å². The van der Waals surface area contributed by atoms with E-state index in [0.29, 0.717) is 29.0 Å². The Kier molecular flexibility index (Phi) is 4.82. The number of nitrogens with two attached hydrogens (primary N) is 1. The molecule has 6 heteroatoms. The maximum atomic E-state index is 6.31. The monoisotopic (exact) mass is 340 g/mol.